The van der Waals surface area contributed by atoms with Gasteiger partial charge in [-0.25, -0.2) is 4.79 Å². The molecule has 1 aliphatic heterocycles. The minimum atomic E-state index is 0.0666. The topological polar surface area (TPSA) is 41.6 Å². The lowest BCUT2D eigenvalue weighted by atomic mass is 9.99. The van der Waals surface area contributed by atoms with Gasteiger partial charge in [0.2, 0.25) is 0 Å². The maximum atomic E-state index is 12.0. The summed E-state index contributed by atoms with van der Waals surface area (Å²) >= 11 is 0. The van der Waals surface area contributed by atoms with Gasteiger partial charge in [-0.15, -0.1) is 0 Å². The van der Waals surface area contributed by atoms with Crippen LogP contribution in [-0.4, -0.2) is 37.2 Å². The zero-order valence-corrected chi connectivity index (χ0v) is 13.1. The lowest BCUT2D eigenvalue weighted by Gasteiger charge is -2.32. The van der Waals surface area contributed by atoms with Gasteiger partial charge in [0, 0.05) is 25.6 Å². The first-order valence-electron chi connectivity index (χ1n) is 7.91. The number of hydrogen-bond donors (Lipinski definition) is 1. The molecule has 0 spiro atoms. The van der Waals surface area contributed by atoms with E-state index >= 15 is 0 Å². The Kier molecular flexibility index (Phi) is 5.90. The summed E-state index contributed by atoms with van der Waals surface area (Å²) in [5, 5.41) is 2.95. The van der Waals surface area contributed by atoms with Crippen LogP contribution < -0.4 is 10.1 Å². The summed E-state index contributed by atoms with van der Waals surface area (Å²) in [6.07, 6.45) is 3.16. The van der Waals surface area contributed by atoms with Gasteiger partial charge in [-0.3, -0.25) is 0 Å². The molecule has 1 atom stereocenters. The maximum absolute atomic E-state index is 12.0. The average molecular weight is 290 g/mol. The van der Waals surface area contributed by atoms with Crippen molar-refractivity contribution in [3.8, 4) is 5.75 Å². The number of rotatable bonds is 5. The first-order valence-corrected chi connectivity index (χ1v) is 7.91. The van der Waals surface area contributed by atoms with Crippen LogP contribution in [0.2, 0.25) is 0 Å². The fraction of sp³-hybridized carbons (Fsp3) is 0.588. The number of urea groups is 1. The monoisotopic (exact) mass is 290 g/mol. The minimum absolute atomic E-state index is 0.0666. The first kappa shape index (κ1) is 15.7. The molecule has 0 aromatic heterocycles. The summed E-state index contributed by atoms with van der Waals surface area (Å²) in [4.78, 5) is 13.9. The highest BCUT2D eigenvalue weighted by atomic mass is 16.5. The molecule has 2 amide bonds. The zero-order chi connectivity index (χ0) is 15.1. The SMILES string of the molecule is CCCNC(=O)N1CCCC(COc2ccc(C)cc2)C1. The lowest BCUT2D eigenvalue weighted by Crippen LogP contribution is -2.46. The van der Waals surface area contributed by atoms with Gasteiger partial charge in [0.25, 0.3) is 0 Å². The van der Waals surface area contributed by atoms with Crippen molar-refractivity contribution in [2.45, 2.75) is 33.1 Å². The number of carbonyl (C=O) groups is 1. The molecule has 4 heteroatoms. The molecule has 1 saturated heterocycles. The van der Waals surface area contributed by atoms with Crippen molar-refractivity contribution in [1.29, 1.82) is 0 Å². The minimum Gasteiger partial charge on any atom is -0.493 e. The molecular weight excluding hydrogens is 264 g/mol. The van der Waals surface area contributed by atoms with Crippen molar-refractivity contribution in [3.05, 3.63) is 29.8 Å². The number of amides is 2. The first-order chi connectivity index (χ1) is 10.2. The van der Waals surface area contributed by atoms with Gasteiger partial charge in [-0.1, -0.05) is 24.6 Å². The maximum Gasteiger partial charge on any atom is 0.317 e. The van der Waals surface area contributed by atoms with Crippen molar-refractivity contribution in [2.75, 3.05) is 26.2 Å². The number of benzene rings is 1. The number of likely N-dealkylation sites (tertiary alicyclic amines) is 1. The quantitative estimate of drug-likeness (QED) is 0.904. The molecule has 1 heterocycles. The number of nitrogens with one attached hydrogen (secondary N) is 1. The highest BCUT2D eigenvalue weighted by molar-refractivity contribution is 5.74. The van der Waals surface area contributed by atoms with Crippen LogP contribution in [0.3, 0.4) is 0 Å². The Balaban J connectivity index is 1.78. The summed E-state index contributed by atoms with van der Waals surface area (Å²) in [5.41, 5.74) is 1.23. The predicted octanol–water partition coefficient (Wildman–Crippen LogP) is 3.21. The van der Waals surface area contributed by atoms with Gasteiger partial charge in [0.1, 0.15) is 5.75 Å². The molecule has 1 aromatic carbocycles. The van der Waals surface area contributed by atoms with Crippen LogP contribution in [0.25, 0.3) is 0 Å². The Labute approximate surface area is 127 Å². The van der Waals surface area contributed by atoms with Crippen LogP contribution in [-0.2, 0) is 0 Å². The molecule has 0 bridgehead atoms. The molecule has 21 heavy (non-hydrogen) atoms. The standard InChI is InChI=1S/C17H26N2O2/c1-3-10-18-17(20)19-11-4-5-15(12-19)13-21-16-8-6-14(2)7-9-16/h6-9,15H,3-5,10-13H2,1-2H3,(H,18,20). The Morgan fingerprint density at radius 3 is 2.86 bits per heavy atom. The molecule has 1 aromatic rings. The van der Waals surface area contributed by atoms with Crippen LogP contribution in [0.15, 0.2) is 24.3 Å². The Morgan fingerprint density at radius 2 is 2.14 bits per heavy atom. The van der Waals surface area contributed by atoms with Crippen LogP contribution >= 0.6 is 0 Å². The van der Waals surface area contributed by atoms with Crippen LogP contribution in [0, 0.1) is 12.8 Å². The summed E-state index contributed by atoms with van der Waals surface area (Å²) in [7, 11) is 0. The molecule has 1 unspecified atom stereocenters. The van der Waals surface area contributed by atoms with E-state index in [9.17, 15) is 4.79 Å². The Morgan fingerprint density at radius 1 is 1.38 bits per heavy atom. The molecule has 1 aliphatic rings. The van der Waals surface area contributed by atoms with E-state index in [1.807, 2.05) is 17.0 Å². The van der Waals surface area contributed by atoms with Crippen LogP contribution in [0.4, 0.5) is 4.79 Å². The molecule has 116 valence electrons. The third kappa shape index (κ3) is 4.96. The van der Waals surface area contributed by atoms with E-state index in [2.05, 4.69) is 31.3 Å². The third-order valence-electron chi connectivity index (χ3n) is 3.84. The molecule has 2 rings (SSSR count). The fourth-order valence-corrected chi connectivity index (χ4v) is 2.58. The average Bonchev–Trinajstić information content (AvgIpc) is 2.52. The third-order valence-corrected chi connectivity index (χ3v) is 3.84. The zero-order valence-electron chi connectivity index (χ0n) is 13.1. The summed E-state index contributed by atoms with van der Waals surface area (Å²) < 4.78 is 5.85. The number of carbonyl (C=O) groups excluding carboxylic acids is 1. The summed E-state index contributed by atoms with van der Waals surface area (Å²) in [6, 6.07) is 8.19. The van der Waals surface area contributed by atoms with E-state index in [4.69, 9.17) is 4.74 Å². The van der Waals surface area contributed by atoms with E-state index in [1.165, 1.54) is 5.56 Å². The number of nitrogens with zero attached hydrogens (tertiary/aromatic N) is 1. The number of ether oxygens (including phenoxy) is 1. The molecule has 1 fully saturated rings. The Hall–Kier alpha value is -1.71. The van der Waals surface area contributed by atoms with Gasteiger partial charge in [-0.05, 0) is 38.3 Å². The second-order valence-corrected chi connectivity index (χ2v) is 5.81. The van der Waals surface area contributed by atoms with E-state index in [0.717, 1.165) is 44.6 Å². The number of aryl methyl sites for hydroxylation is 1. The van der Waals surface area contributed by atoms with E-state index < -0.39 is 0 Å². The van der Waals surface area contributed by atoms with E-state index in [1.54, 1.807) is 0 Å². The number of hydrogen-bond acceptors (Lipinski definition) is 2. The number of piperidine rings is 1. The predicted molar refractivity (Wildman–Crippen MR) is 84.7 cm³/mol. The molecule has 1 N–H and O–H groups in total. The van der Waals surface area contributed by atoms with Gasteiger partial charge >= 0.3 is 6.03 Å². The fourth-order valence-electron chi connectivity index (χ4n) is 2.58. The second kappa shape index (κ2) is 7.91. The largest absolute Gasteiger partial charge is 0.493 e. The highest BCUT2D eigenvalue weighted by Gasteiger charge is 2.23. The van der Waals surface area contributed by atoms with Gasteiger partial charge in [-0.2, -0.15) is 0 Å². The van der Waals surface area contributed by atoms with Crippen LogP contribution in [0.1, 0.15) is 31.7 Å². The highest BCUT2D eigenvalue weighted by Crippen LogP contribution is 2.19. The van der Waals surface area contributed by atoms with Crippen LogP contribution in [0.5, 0.6) is 5.75 Å². The van der Waals surface area contributed by atoms with E-state index in [-0.39, 0.29) is 6.03 Å². The van der Waals surface area contributed by atoms with Gasteiger partial charge in [0.05, 0.1) is 6.61 Å². The lowest BCUT2D eigenvalue weighted by molar-refractivity contribution is 0.137. The second-order valence-electron chi connectivity index (χ2n) is 5.81. The van der Waals surface area contributed by atoms with Crippen molar-refractivity contribution >= 4 is 6.03 Å². The van der Waals surface area contributed by atoms with E-state index in [0.29, 0.717) is 12.5 Å². The normalized spacial score (nSPS) is 18.4. The molecule has 0 saturated carbocycles. The van der Waals surface area contributed by atoms with Crippen molar-refractivity contribution in [1.82, 2.24) is 10.2 Å². The molecule has 4 nitrogen and oxygen atoms in total. The van der Waals surface area contributed by atoms with Gasteiger partial charge in [0.15, 0.2) is 0 Å². The smallest absolute Gasteiger partial charge is 0.317 e. The van der Waals surface area contributed by atoms with Crippen molar-refractivity contribution in [2.24, 2.45) is 5.92 Å². The molecule has 0 radical (unpaired) electrons. The molecular formula is C17H26N2O2. The molecule has 0 aliphatic carbocycles. The summed E-state index contributed by atoms with van der Waals surface area (Å²) in [6.45, 7) is 7.21. The van der Waals surface area contributed by atoms with Crippen molar-refractivity contribution < 1.29 is 9.53 Å². The summed E-state index contributed by atoms with van der Waals surface area (Å²) in [5.74, 6) is 1.33. The Bertz CT molecular complexity index is 445. The van der Waals surface area contributed by atoms with Gasteiger partial charge < -0.3 is 15.0 Å². The van der Waals surface area contributed by atoms with Crippen molar-refractivity contribution in [3.63, 3.8) is 0 Å².